The van der Waals surface area contributed by atoms with Crippen molar-refractivity contribution >= 4 is 11.9 Å². The average Bonchev–Trinajstić information content (AvgIpc) is 3.24. The summed E-state index contributed by atoms with van der Waals surface area (Å²) >= 11 is 0. The van der Waals surface area contributed by atoms with Gasteiger partial charge >= 0.3 is 11.9 Å². The summed E-state index contributed by atoms with van der Waals surface area (Å²) in [5.41, 5.74) is 0. The zero-order valence-electron chi connectivity index (χ0n) is 33.2. The average molecular weight is 927 g/mol. The molecule has 0 aromatic carbocycles. The molecule has 6 rings (SSSR count). The van der Waals surface area contributed by atoms with E-state index in [0.29, 0.717) is 0 Å². The molecule has 6 saturated heterocycles. The van der Waals surface area contributed by atoms with Crippen LogP contribution in [0.4, 0.5) is 0 Å². The van der Waals surface area contributed by atoms with Crippen molar-refractivity contribution in [3.8, 4) is 0 Å². The number of ether oxygens (including phenoxy) is 13. The van der Waals surface area contributed by atoms with Crippen LogP contribution in [0.2, 0.25) is 0 Å². The van der Waals surface area contributed by atoms with Crippen molar-refractivity contribution in [3.05, 3.63) is 0 Å². The van der Waals surface area contributed by atoms with Gasteiger partial charge in [-0.15, -0.1) is 0 Å². The first-order valence-electron chi connectivity index (χ1n) is 19.5. The van der Waals surface area contributed by atoms with Crippen LogP contribution in [0, 0.1) is 0 Å². The molecule has 0 amide bonds. The molecule has 6 fully saturated rings. The van der Waals surface area contributed by atoms with E-state index in [4.69, 9.17) is 61.6 Å². The van der Waals surface area contributed by atoms with Crippen LogP contribution < -0.4 is 0 Å². The number of aliphatic carboxylic acids is 2. The van der Waals surface area contributed by atoms with Gasteiger partial charge in [-0.25, -0.2) is 9.59 Å². The predicted molar refractivity (Wildman–Crippen MR) is 186 cm³/mol. The molecular formula is C34H54O29. The molecule has 63 heavy (non-hydrogen) atoms. The van der Waals surface area contributed by atoms with Crippen LogP contribution in [-0.2, 0) is 71.2 Å². The quantitative estimate of drug-likeness (QED) is 0.0769. The van der Waals surface area contributed by atoms with Crippen molar-refractivity contribution in [3.63, 3.8) is 0 Å². The summed E-state index contributed by atoms with van der Waals surface area (Å²) < 4.78 is 70.3. The van der Waals surface area contributed by atoms with Gasteiger partial charge in [0.05, 0.1) is 26.4 Å². The number of carbonyl (C=O) groups is 2. The van der Waals surface area contributed by atoms with Crippen molar-refractivity contribution in [2.75, 3.05) is 40.6 Å². The second kappa shape index (κ2) is 21.3. The van der Waals surface area contributed by atoms with E-state index in [1.165, 1.54) is 0 Å². The number of carboxylic acid groups (broad SMARTS) is 2. The summed E-state index contributed by atoms with van der Waals surface area (Å²) in [4.78, 5) is 23.7. The molecule has 0 aliphatic carbocycles. The molecule has 29 heteroatoms. The molecule has 0 radical (unpaired) electrons. The van der Waals surface area contributed by atoms with Crippen LogP contribution in [0.25, 0.3) is 0 Å². The lowest BCUT2D eigenvalue weighted by molar-refractivity contribution is -0.387. The molecule has 6 aliphatic rings. The first-order chi connectivity index (χ1) is 29.8. The van der Waals surface area contributed by atoms with E-state index in [0.717, 1.165) is 14.2 Å². The SMILES string of the molecule is CO[C@H]1[C@H](O)[C@@H](O[C@H]2O[C@H](C(=O)O)[C@@H](OC)[C@H](O)[C@H]2O[C@@H]2OC[C@@H](O[C@@H]3OC[C@@H](O[C@@H]4OC[C@@H](O[C@@H]5OC[C@@H](O)[C@H](O)[C@H]5O)[C@H](O)[C@H]4O)[C@H](O)[C@H]3O)[C@H](O)[C@H]2O)[C@@H](O)O[C@@H]1C(=O)O. The van der Waals surface area contributed by atoms with E-state index in [1.807, 2.05) is 0 Å². The topological polar surface area (TPSA) is 437 Å². The largest absolute Gasteiger partial charge is 0.479 e. The van der Waals surface area contributed by atoms with Crippen LogP contribution in [0.15, 0.2) is 0 Å². The number of hydrogen-bond acceptors (Lipinski definition) is 27. The number of rotatable bonds is 14. The minimum Gasteiger partial charge on any atom is -0.479 e. The summed E-state index contributed by atoms with van der Waals surface area (Å²) in [5, 5.41) is 147. The normalized spacial score (nSPS) is 51.1. The highest BCUT2D eigenvalue weighted by Gasteiger charge is 2.57. The van der Waals surface area contributed by atoms with Crippen LogP contribution in [0.1, 0.15) is 0 Å². The third kappa shape index (κ3) is 10.6. The van der Waals surface area contributed by atoms with Gasteiger partial charge in [0.2, 0.25) is 0 Å². The third-order valence-corrected chi connectivity index (χ3v) is 11.4. The van der Waals surface area contributed by atoms with Crippen LogP contribution in [0.3, 0.4) is 0 Å². The highest BCUT2D eigenvalue weighted by molar-refractivity contribution is 5.74. The molecule has 0 aromatic rings. The van der Waals surface area contributed by atoms with E-state index < -0.39 is 198 Å². The fourth-order valence-corrected chi connectivity index (χ4v) is 7.74. The van der Waals surface area contributed by atoms with Crippen LogP contribution in [0.5, 0.6) is 0 Å². The Labute approximate surface area is 355 Å². The lowest BCUT2D eigenvalue weighted by Crippen LogP contribution is -2.67. The first-order valence-corrected chi connectivity index (χ1v) is 19.5. The minimum atomic E-state index is -2.19. The molecule has 6 heterocycles. The Morgan fingerprint density at radius 3 is 1.16 bits per heavy atom. The third-order valence-electron chi connectivity index (χ3n) is 11.4. The molecular weight excluding hydrogens is 872 g/mol. The van der Waals surface area contributed by atoms with Gasteiger partial charge in [0.25, 0.3) is 0 Å². The van der Waals surface area contributed by atoms with Gasteiger partial charge in [0, 0.05) is 14.2 Å². The number of methoxy groups -OCH3 is 2. The number of carboxylic acids is 2. The Balaban J connectivity index is 1.04. The Morgan fingerprint density at radius 2 is 0.746 bits per heavy atom. The summed E-state index contributed by atoms with van der Waals surface area (Å²) in [6, 6.07) is 0. The maximum absolute atomic E-state index is 12.1. The summed E-state index contributed by atoms with van der Waals surface area (Å²) in [6.45, 7) is -2.03. The smallest absolute Gasteiger partial charge is 0.335 e. The molecule has 364 valence electrons. The molecule has 0 unspecified atom stereocenters. The van der Waals surface area contributed by atoms with E-state index in [2.05, 4.69) is 0 Å². The molecule has 0 saturated carbocycles. The molecule has 0 aromatic heterocycles. The highest BCUT2D eigenvalue weighted by atomic mass is 16.8. The Hall–Kier alpha value is -2.06. The molecule has 14 N–H and O–H groups in total. The van der Waals surface area contributed by atoms with Gasteiger partial charge in [-0.2, -0.15) is 0 Å². The molecule has 29 nitrogen and oxygen atoms in total. The minimum absolute atomic E-state index is 0.393. The molecule has 26 atom stereocenters. The van der Waals surface area contributed by atoms with E-state index in [-0.39, 0.29) is 0 Å². The van der Waals surface area contributed by atoms with Gasteiger partial charge < -0.3 is 133 Å². The first kappa shape index (κ1) is 50.4. The standard InChI is InChI=1S/C34H54O29/c1-51-21-19(44)23(29(50)60-25(21)27(46)47)61-34-24(20(45)22(52-2)26(63-34)28(48)49)62-33-18(43)14(39)10(6-56-33)59-32-17(42)13(38)9(5-55-32)58-31-16(41)12(37)8(4-54-31)57-30-15(40)11(36)7(35)3-53-30/h7-26,29-45,50H,3-6H2,1-2H3,(H,46,47)(H,48,49)/t7-,8-,9-,10-,11+,12+,13+,14+,15-,16-,17-,18-,19+,20+,21+,22+,23-,24-,25+,26+,29+,30+,31+,32+,33+,34+/m1/s1. The lowest BCUT2D eigenvalue weighted by atomic mass is 9.96. The maximum Gasteiger partial charge on any atom is 0.335 e. The van der Waals surface area contributed by atoms with Gasteiger partial charge in [-0.3, -0.25) is 0 Å². The van der Waals surface area contributed by atoms with Crippen molar-refractivity contribution in [2.45, 2.75) is 160 Å². The predicted octanol–water partition coefficient (Wildman–Crippen LogP) is -10.1. The highest BCUT2D eigenvalue weighted by Crippen LogP contribution is 2.35. The van der Waals surface area contributed by atoms with E-state index in [1.54, 1.807) is 0 Å². The summed E-state index contributed by atoms with van der Waals surface area (Å²) in [6.07, 6.45) is -46.1. The van der Waals surface area contributed by atoms with Gasteiger partial charge in [0.1, 0.15) is 110 Å². The molecule has 0 bridgehead atoms. The second-order valence-corrected chi connectivity index (χ2v) is 15.5. The molecule has 0 spiro atoms. The van der Waals surface area contributed by atoms with E-state index >= 15 is 0 Å². The van der Waals surface area contributed by atoms with Gasteiger partial charge in [-0.1, -0.05) is 0 Å². The van der Waals surface area contributed by atoms with Crippen LogP contribution in [-0.4, -0.2) is 284 Å². The number of aliphatic hydroxyl groups excluding tert-OH is 12. The zero-order valence-corrected chi connectivity index (χ0v) is 33.2. The van der Waals surface area contributed by atoms with Gasteiger partial charge in [0.15, 0.2) is 49.9 Å². The summed E-state index contributed by atoms with van der Waals surface area (Å²) in [5.74, 6) is -3.28. The zero-order chi connectivity index (χ0) is 46.2. The van der Waals surface area contributed by atoms with Crippen molar-refractivity contribution < 1.29 is 143 Å². The second-order valence-electron chi connectivity index (χ2n) is 15.5. The fraction of sp³-hybridized carbons (Fsp3) is 0.941. The Bertz CT molecular complexity index is 1500. The van der Waals surface area contributed by atoms with E-state index in [9.17, 15) is 81.1 Å². The molecule has 6 aliphatic heterocycles. The fourth-order valence-electron chi connectivity index (χ4n) is 7.74. The van der Waals surface area contributed by atoms with Crippen LogP contribution >= 0.6 is 0 Å². The van der Waals surface area contributed by atoms with Crippen molar-refractivity contribution in [1.82, 2.24) is 0 Å². The lowest BCUT2D eigenvalue weighted by Gasteiger charge is -2.48. The van der Waals surface area contributed by atoms with Crippen molar-refractivity contribution in [1.29, 1.82) is 0 Å². The van der Waals surface area contributed by atoms with Crippen molar-refractivity contribution in [2.24, 2.45) is 0 Å². The number of aliphatic hydroxyl groups is 12. The summed E-state index contributed by atoms with van der Waals surface area (Å²) in [7, 11) is 2.06. The number of hydrogen-bond donors (Lipinski definition) is 14. The Kier molecular flexibility index (Phi) is 17.0. The monoisotopic (exact) mass is 926 g/mol. The van der Waals surface area contributed by atoms with Gasteiger partial charge in [-0.05, 0) is 0 Å². The maximum atomic E-state index is 12.1. The Morgan fingerprint density at radius 1 is 0.397 bits per heavy atom.